The first-order valence-corrected chi connectivity index (χ1v) is 9.87. The lowest BCUT2D eigenvalue weighted by Crippen LogP contribution is -2.36. The maximum absolute atomic E-state index is 13.6. The van der Waals surface area contributed by atoms with Gasteiger partial charge in [0.15, 0.2) is 5.69 Å². The molecule has 0 fully saturated rings. The predicted molar refractivity (Wildman–Crippen MR) is 109 cm³/mol. The molecular weight excluding hydrogens is 457 g/mol. The van der Waals surface area contributed by atoms with Gasteiger partial charge in [0.1, 0.15) is 24.7 Å². The van der Waals surface area contributed by atoms with Crippen molar-refractivity contribution in [1.29, 1.82) is 0 Å². The number of hydrogen-bond donors (Lipinski definition) is 1. The lowest BCUT2D eigenvalue weighted by molar-refractivity contribution is -0.137. The standard InChI is InChI=1S/C21H17BrFN3O4/c1-25-20-15-8-13(22)5-6-17(15)30-11-16(20)19(24-25)21(29)26(10-18(27)28)9-12-3-2-4-14(23)7-12/h2-8H,9-11H2,1H3,(H,27,28). The maximum Gasteiger partial charge on any atom is 0.323 e. The normalized spacial score (nSPS) is 12.0. The fourth-order valence-corrected chi connectivity index (χ4v) is 3.91. The Hall–Kier alpha value is -3.20. The van der Waals surface area contributed by atoms with Gasteiger partial charge in [-0.05, 0) is 35.9 Å². The third-order valence-electron chi connectivity index (χ3n) is 4.79. The molecule has 0 aliphatic carbocycles. The van der Waals surface area contributed by atoms with Crippen molar-refractivity contribution in [1.82, 2.24) is 14.7 Å². The van der Waals surface area contributed by atoms with Gasteiger partial charge in [0.05, 0.1) is 5.69 Å². The van der Waals surface area contributed by atoms with Crippen LogP contribution in [0.4, 0.5) is 4.39 Å². The number of fused-ring (bicyclic) bond motifs is 3. The average Bonchev–Trinajstić information content (AvgIpc) is 3.03. The summed E-state index contributed by atoms with van der Waals surface area (Å²) in [5, 5.41) is 13.7. The second-order valence-electron chi connectivity index (χ2n) is 6.91. The molecule has 1 aromatic heterocycles. The SMILES string of the molecule is Cn1nc(C(=O)N(CC(=O)O)Cc2cccc(F)c2)c2c1-c1cc(Br)ccc1OC2. The van der Waals surface area contributed by atoms with E-state index in [2.05, 4.69) is 21.0 Å². The third-order valence-corrected chi connectivity index (χ3v) is 5.29. The zero-order chi connectivity index (χ0) is 21.4. The molecule has 0 radical (unpaired) electrons. The van der Waals surface area contributed by atoms with Gasteiger partial charge in [-0.3, -0.25) is 14.3 Å². The van der Waals surface area contributed by atoms with Crippen molar-refractivity contribution in [3.05, 3.63) is 69.6 Å². The average molecular weight is 474 g/mol. The van der Waals surface area contributed by atoms with E-state index in [1.807, 2.05) is 18.2 Å². The fourth-order valence-electron chi connectivity index (χ4n) is 3.54. The summed E-state index contributed by atoms with van der Waals surface area (Å²) in [5.74, 6) is -1.51. The Morgan fingerprint density at radius 2 is 2.10 bits per heavy atom. The van der Waals surface area contributed by atoms with Crippen molar-refractivity contribution in [2.75, 3.05) is 6.54 Å². The highest BCUT2D eigenvalue weighted by molar-refractivity contribution is 9.10. The smallest absolute Gasteiger partial charge is 0.323 e. The Kier molecular flexibility index (Phi) is 5.29. The van der Waals surface area contributed by atoms with Gasteiger partial charge in [0.2, 0.25) is 0 Å². The monoisotopic (exact) mass is 473 g/mol. The second kappa shape index (κ2) is 7.91. The van der Waals surface area contributed by atoms with Crippen LogP contribution in [0, 0.1) is 5.82 Å². The number of carboxylic acid groups (broad SMARTS) is 1. The summed E-state index contributed by atoms with van der Waals surface area (Å²) in [6, 6.07) is 11.3. The van der Waals surface area contributed by atoms with Gasteiger partial charge in [0, 0.05) is 29.2 Å². The van der Waals surface area contributed by atoms with Crippen LogP contribution in [-0.2, 0) is 25.0 Å². The van der Waals surface area contributed by atoms with Crippen LogP contribution in [0.25, 0.3) is 11.3 Å². The van der Waals surface area contributed by atoms with E-state index in [1.54, 1.807) is 17.8 Å². The second-order valence-corrected chi connectivity index (χ2v) is 7.83. The Morgan fingerprint density at radius 1 is 1.30 bits per heavy atom. The zero-order valence-electron chi connectivity index (χ0n) is 15.9. The van der Waals surface area contributed by atoms with E-state index in [1.165, 1.54) is 18.2 Å². The highest BCUT2D eigenvalue weighted by Crippen LogP contribution is 2.40. The van der Waals surface area contributed by atoms with Crippen molar-refractivity contribution in [3.63, 3.8) is 0 Å². The number of benzene rings is 2. The highest BCUT2D eigenvalue weighted by Gasteiger charge is 2.31. The number of rotatable bonds is 5. The van der Waals surface area contributed by atoms with E-state index in [-0.39, 0.29) is 18.8 Å². The zero-order valence-corrected chi connectivity index (χ0v) is 17.5. The minimum absolute atomic E-state index is 0.0583. The molecule has 30 heavy (non-hydrogen) atoms. The topological polar surface area (TPSA) is 84.7 Å². The molecular formula is C21H17BrFN3O4. The molecule has 2 heterocycles. The van der Waals surface area contributed by atoms with E-state index in [0.717, 1.165) is 20.6 Å². The molecule has 0 atom stereocenters. The molecule has 154 valence electrons. The summed E-state index contributed by atoms with van der Waals surface area (Å²) in [6.45, 7) is -0.458. The Morgan fingerprint density at radius 3 is 2.83 bits per heavy atom. The summed E-state index contributed by atoms with van der Waals surface area (Å²) in [6.07, 6.45) is 0. The van der Waals surface area contributed by atoms with Gasteiger partial charge < -0.3 is 14.7 Å². The Labute approximate surface area is 179 Å². The summed E-state index contributed by atoms with van der Waals surface area (Å²) in [5.41, 5.74) is 2.72. The molecule has 9 heteroatoms. The van der Waals surface area contributed by atoms with E-state index < -0.39 is 24.2 Å². The number of aliphatic carboxylic acids is 1. The summed E-state index contributed by atoms with van der Waals surface area (Å²) >= 11 is 3.44. The number of carbonyl (C=O) groups excluding carboxylic acids is 1. The number of halogens is 2. The molecule has 0 saturated carbocycles. The van der Waals surface area contributed by atoms with Crippen molar-refractivity contribution < 1.29 is 23.8 Å². The lowest BCUT2D eigenvalue weighted by Gasteiger charge is -2.22. The van der Waals surface area contributed by atoms with Gasteiger partial charge in [-0.25, -0.2) is 4.39 Å². The van der Waals surface area contributed by atoms with Gasteiger partial charge in [-0.2, -0.15) is 5.10 Å². The van der Waals surface area contributed by atoms with Crippen molar-refractivity contribution in [2.24, 2.45) is 7.05 Å². The Balaban J connectivity index is 1.73. The molecule has 1 N–H and O–H groups in total. The van der Waals surface area contributed by atoms with Crippen LogP contribution in [0.2, 0.25) is 0 Å². The minimum Gasteiger partial charge on any atom is -0.488 e. The summed E-state index contributed by atoms with van der Waals surface area (Å²) < 4.78 is 21.8. The molecule has 0 unspecified atom stereocenters. The first-order valence-electron chi connectivity index (χ1n) is 9.07. The molecule has 2 aromatic carbocycles. The largest absolute Gasteiger partial charge is 0.488 e. The van der Waals surface area contributed by atoms with E-state index >= 15 is 0 Å². The van der Waals surface area contributed by atoms with Gasteiger partial charge in [-0.15, -0.1) is 0 Å². The number of ether oxygens (including phenoxy) is 1. The Bertz CT molecular complexity index is 1160. The van der Waals surface area contributed by atoms with Crippen LogP contribution < -0.4 is 4.74 Å². The molecule has 0 saturated heterocycles. The number of aromatic nitrogens is 2. The molecule has 0 spiro atoms. The van der Waals surface area contributed by atoms with Crippen molar-refractivity contribution in [2.45, 2.75) is 13.2 Å². The van der Waals surface area contributed by atoms with Gasteiger partial charge >= 0.3 is 5.97 Å². The quantitative estimate of drug-likeness (QED) is 0.611. The fraction of sp³-hybridized carbons (Fsp3) is 0.190. The molecule has 0 bridgehead atoms. The van der Waals surface area contributed by atoms with Crippen molar-refractivity contribution >= 4 is 27.8 Å². The maximum atomic E-state index is 13.6. The molecule has 1 aliphatic rings. The number of carboxylic acids is 1. The molecule has 4 rings (SSSR count). The summed E-state index contributed by atoms with van der Waals surface area (Å²) in [7, 11) is 1.72. The highest BCUT2D eigenvalue weighted by atomic mass is 79.9. The number of amides is 1. The number of aryl methyl sites for hydroxylation is 1. The summed E-state index contributed by atoms with van der Waals surface area (Å²) in [4.78, 5) is 25.8. The number of carbonyl (C=O) groups is 2. The van der Waals surface area contributed by atoms with E-state index in [9.17, 15) is 19.1 Å². The first-order chi connectivity index (χ1) is 14.3. The van der Waals surface area contributed by atoms with Crippen molar-refractivity contribution in [3.8, 4) is 17.0 Å². The first kappa shape index (κ1) is 20.1. The number of nitrogens with zero attached hydrogens (tertiary/aromatic N) is 3. The van der Waals surface area contributed by atoms with E-state index in [4.69, 9.17) is 4.74 Å². The van der Waals surface area contributed by atoms with Gasteiger partial charge in [0.25, 0.3) is 5.91 Å². The van der Waals surface area contributed by atoms with Crippen LogP contribution in [0.3, 0.4) is 0 Å². The van der Waals surface area contributed by atoms with Crippen LogP contribution >= 0.6 is 15.9 Å². The number of hydrogen-bond acceptors (Lipinski definition) is 4. The lowest BCUT2D eigenvalue weighted by atomic mass is 10.0. The molecule has 7 nitrogen and oxygen atoms in total. The van der Waals surface area contributed by atoms with Crippen LogP contribution in [0.5, 0.6) is 5.75 Å². The molecule has 1 amide bonds. The van der Waals surface area contributed by atoms with Crippen LogP contribution in [0.1, 0.15) is 21.6 Å². The minimum atomic E-state index is -1.17. The van der Waals surface area contributed by atoms with Crippen LogP contribution in [0.15, 0.2) is 46.9 Å². The molecule has 1 aliphatic heterocycles. The van der Waals surface area contributed by atoms with Gasteiger partial charge in [-0.1, -0.05) is 28.1 Å². The van der Waals surface area contributed by atoms with Crippen LogP contribution in [-0.4, -0.2) is 38.2 Å². The van der Waals surface area contributed by atoms with E-state index in [0.29, 0.717) is 16.9 Å². The predicted octanol–water partition coefficient (Wildman–Crippen LogP) is 3.61. The molecule has 3 aromatic rings. The third kappa shape index (κ3) is 3.80.